The summed E-state index contributed by atoms with van der Waals surface area (Å²) in [6.45, 7) is 0.650. The number of hydrogen-bond acceptors (Lipinski definition) is 1. The summed E-state index contributed by atoms with van der Waals surface area (Å²) in [5.41, 5.74) is 2.04. The van der Waals surface area contributed by atoms with Gasteiger partial charge in [-0.05, 0) is 64.0 Å². The highest BCUT2D eigenvalue weighted by molar-refractivity contribution is 9.11. The molecule has 0 unspecified atom stereocenters. The van der Waals surface area contributed by atoms with Crippen LogP contribution in [0.15, 0.2) is 51.4 Å². The third kappa shape index (κ3) is 4.74. The zero-order chi connectivity index (χ0) is 14.5. The van der Waals surface area contributed by atoms with Crippen molar-refractivity contribution in [3.05, 3.63) is 62.0 Å². The minimum absolute atomic E-state index is 0.572. The Morgan fingerprint density at radius 1 is 1.10 bits per heavy atom. The largest absolute Gasteiger partial charge is 0.358 e. The Bertz CT molecular complexity index is 617. The highest BCUT2D eigenvalue weighted by atomic mass is 79.9. The fourth-order valence-electron chi connectivity index (χ4n) is 1.54. The maximum atomic E-state index is 5.84. The Kier molecular flexibility index (Phi) is 5.84. The Morgan fingerprint density at radius 3 is 2.45 bits per heavy atom. The number of benzene rings is 2. The number of nitrogens with one attached hydrogen (secondary N) is 2. The van der Waals surface area contributed by atoms with E-state index in [1.807, 2.05) is 42.5 Å². The molecule has 2 rings (SSSR count). The molecule has 2 N–H and O–H groups in total. The van der Waals surface area contributed by atoms with Crippen molar-refractivity contribution in [2.75, 3.05) is 5.32 Å². The Hall–Kier alpha value is -0.620. The van der Waals surface area contributed by atoms with Gasteiger partial charge in [0, 0.05) is 20.5 Å². The summed E-state index contributed by atoms with van der Waals surface area (Å²) >= 11 is 18.0. The molecule has 2 aromatic rings. The lowest BCUT2D eigenvalue weighted by Crippen LogP contribution is -2.27. The smallest absolute Gasteiger partial charge is 0.171 e. The lowest BCUT2D eigenvalue weighted by molar-refractivity contribution is 0.926. The van der Waals surface area contributed by atoms with Gasteiger partial charge in [0.1, 0.15) is 0 Å². The van der Waals surface area contributed by atoms with E-state index in [2.05, 4.69) is 42.5 Å². The van der Waals surface area contributed by atoms with Gasteiger partial charge in [0.25, 0.3) is 0 Å². The normalized spacial score (nSPS) is 10.2. The van der Waals surface area contributed by atoms with Crippen LogP contribution in [0.5, 0.6) is 0 Å². The van der Waals surface area contributed by atoms with Crippen LogP contribution in [-0.2, 0) is 6.54 Å². The zero-order valence-corrected chi connectivity index (χ0v) is 15.0. The van der Waals surface area contributed by atoms with Crippen LogP contribution in [0.2, 0.25) is 5.02 Å². The Balaban J connectivity index is 1.90. The van der Waals surface area contributed by atoms with Crippen molar-refractivity contribution in [3.8, 4) is 0 Å². The summed E-state index contributed by atoms with van der Waals surface area (Å²) in [7, 11) is 0. The van der Waals surface area contributed by atoms with Crippen LogP contribution in [0.25, 0.3) is 0 Å². The molecule has 0 spiro atoms. The molecule has 20 heavy (non-hydrogen) atoms. The molecule has 0 aliphatic rings. The van der Waals surface area contributed by atoms with Gasteiger partial charge in [-0.25, -0.2) is 0 Å². The van der Waals surface area contributed by atoms with E-state index in [9.17, 15) is 0 Å². The first kappa shape index (κ1) is 15.8. The van der Waals surface area contributed by atoms with E-state index in [1.165, 1.54) is 0 Å². The van der Waals surface area contributed by atoms with Gasteiger partial charge in [0.2, 0.25) is 0 Å². The molecule has 0 amide bonds. The Morgan fingerprint density at radius 2 is 1.80 bits per heavy atom. The molecule has 0 atom stereocenters. The average molecular weight is 435 g/mol. The van der Waals surface area contributed by atoms with E-state index >= 15 is 0 Å². The van der Waals surface area contributed by atoms with E-state index in [0.29, 0.717) is 11.7 Å². The van der Waals surface area contributed by atoms with E-state index in [1.54, 1.807) is 0 Å². The van der Waals surface area contributed by atoms with Crippen molar-refractivity contribution in [1.29, 1.82) is 0 Å². The van der Waals surface area contributed by atoms with Gasteiger partial charge in [0.15, 0.2) is 5.11 Å². The van der Waals surface area contributed by atoms with Gasteiger partial charge in [-0.2, -0.15) is 0 Å². The number of anilines is 1. The molecule has 0 aromatic heterocycles. The van der Waals surface area contributed by atoms with E-state index < -0.39 is 0 Å². The number of rotatable bonds is 3. The zero-order valence-electron chi connectivity index (χ0n) is 10.3. The predicted octanol–water partition coefficient (Wildman–Crippen LogP) is 5.35. The van der Waals surface area contributed by atoms with Crippen LogP contribution in [0, 0.1) is 0 Å². The van der Waals surface area contributed by atoms with Crippen LogP contribution >= 0.6 is 55.7 Å². The third-order valence-corrected chi connectivity index (χ3v) is 4.19. The SMILES string of the molecule is S=C(NCc1ccc(Cl)cc1)Nc1ccc(Br)cc1Br. The average Bonchev–Trinajstić information content (AvgIpc) is 2.41. The van der Waals surface area contributed by atoms with E-state index in [0.717, 1.165) is 25.2 Å². The van der Waals surface area contributed by atoms with Gasteiger partial charge in [-0.15, -0.1) is 0 Å². The standard InChI is InChI=1S/C14H11Br2ClN2S/c15-10-3-6-13(12(16)7-10)19-14(20)18-8-9-1-4-11(17)5-2-9/h1-7H,8H2,(H2,18,19,20). The molecule has 2 aromatic carbocycles. The molecule has 0 aliphatic carbocycles. The lowest BCUT2D eigenvalue weighted by atomic mass is 10.2. The molecule has 0 aliphatic heterocycles. The molecule has 2 nitrogen and oxygen atoms in total. The highest BCUT2D eigenvalue weighted by Gasteiger charge is 2.03. The maximum Gasteiger partial charge on any atom is 0.171 e. The van der Waals surface area contributed by atoms with Gasteiger partial charge >= 0.3 is 0 Å². The topological polar surface area (TPSA) is 24.1 Å². The monoisotopic (exact) mass is 432 g/mol. The van der Waals surface area contributed by atoms with Gasteiger partial charge in [0.05, 0.1) is 5.69 Å². The molecule has 6 heteroatoms. The number of thiocarbonyl (C=S) groups is 1. The van der Waals surface area contributed by atoms with Crippen molar-refractivity contribution in [3.63, 3.8) is 0 Å². The molecular formula is C14H11Br2ClN2S. The molecular weight excluding hydrogens is 423 g/mol. The van der Waals surface area contributed by atoms with Gasteiger partial charge in [-0.3, -0.25) is 0 Å². The first-order chi connectivity index (χ1) is 9.54. The van der Waals surface area contributed by atoms with Crippen LogP contribution in [0.3, 0.4) is 0 Å². The summed E-state index contributed by atoms with van der Waals surface area (Å²) in [5, 5.41) is 7.60. The van der Waals surface area contributed by atoms with Gasteiger partial charge < -0.3 is 10.6 Å². The van der Waals surface area contributed by atoms with E-state index in [4.69, 9.17) is 23.8 Å². The van der Waals surface area contributed by atoms with Crippen LogP contribution < -0.4 is 10.6 Å². The van der Waals surface area contributed by atoms with Crippen molar-refractivity contribution in [1.82, 2.24) is 5.32 Å². The van der Waals surface area contributed by atoms with Crippen molar-refractivity contribution in [2.45, 2.75) is 6.54 Å². The molecule has 0 radical (unpaired) electrons. The number of halogens is 3. The quantitative estimate of drug-likeness (QED) is 0.637. The van der Waals surface area contributed by atoms with E-state index in [-0.39, 0.29) is 0 Å². The number of hydrogen-bond donors (Lipinski definition) is 2. The second-order valence-electron chi connectivity index (χ2n) is 4.06. The van der Waals surface area contributed by atoms with Crippen molar-refractivity contribution >= 4 is 66.5 Å². The molecule has 0 fully saturated rings. The summed E-state index contributed by atoms with van der Waals surface area (Å²) in [6.07, 6.45) is 0. The van der Waals surface area contributed by atoms with Crippen LogP contribution in [0.1, 0.15) is 5.56 Å². The minimum Gasteiger partial charge on any atom is -0.358 e. The summed E-state index contributed by atoms with van der Waals surface area (Å²) in [4.78, 5) is 0. The first-order valence-corrected chi connectivity index (χ1v) is 8.16. The maximum absolute atomic E-state index is 5.84. The molecule has 0 saturated carbocycles. The summed E-state index contributed by atoms with van der Waals surface area (Å²) < 4.78 is 1.96. The summed E-state index contributed by atoms with van der Waals surface area (Å²) in [5.74, 6) is 0. The van der Waals surface area contributed by atoms with Crippen molar-refractivity contribution < 1.29 is 0 Å². The second-order valence-corrected chi connectivity index (χ2v) is 6.67. The lowest BCUT2D eigenvalue weighted by Gasteiger charge is -2.12. The molecule has 0 saturated heterocycles. The summed E-state index contributed by atoms with van der Waals surface area (Å²) in [6, 6.07) is 13.5. The minimum atomic E-state index is 0.572. The third-order valence-electron chi connectivity index (χ3n) is 2.55. The molecule has 104 valence electrons. The van der Waals surface area contributed by atoms with Gasteiger partial charge in [-0.1, -0.05) is 39.7 Å². The predicted molar refractivity (Wildman–Crippen MR) is 96.4 cm³/mol. The molecule has 0 bridgehead atoms. The fourth-order valence-corrected chi connectivity index (χ4v) is 3.00. The van der Waals surface area contributed by atoms with Crippen molar-refractivity contribution in [2.24, 2.45) is 0 Å². The Labute approximate surface area is 145 Å². The first-order valence-electron chi connectivity index (χ1n) is 5.79. The second kappa shape index (κ2) is 7.41. The fraction of sp³-hybridized carbons (Fsp3) is 0.0714. The van der Waals surface area contributed by atoms with Crippen LogP contribution in [-0.4, -0.2) is 5.11 Å². The van der Waals surface area contributed by atoms with Crippen LogP contribution in [0.4, 0.5) is 5.69 Å². The molecule has 0 heterocycles. The highest BCUT2D eigenvalue weighted by Crippen LogP contribution is 2.26.